The Balaban J connectivity index is 1.32. The lowest BCUT2D eigenvalue weighted by atomic mass is 9.72. The highest BCUT2D eigenvalue weighted by Crippen LogP contribution is 2.47. The van der Waals surface area contributed by atoms with Gasteiger partial charge in [-0.25, -0.2) is 4.98 Å². The summed E-state index contributed by atoms with van der Waals surface area (Å²) in [5.41, 5.74) is 6.68. The van der Waals surface area contributed by atoms with Gasteiger partial charge in [-0.2, -0.15) is 4.98 Å². The van der Waals surface area contributed by atoms with Crippen molar-refractivity contribution in [2.75, 3.05) is 44.4 Å². The van der Waals surface area contributed by atoms with Crippen molar-refractivity contribution in [1.29, 1.82) is 0 Å². The molecule has 0 radical (unpaired) electrons. The highest BCUT2D eigenvalue weighted by Gasteiger charge is 2.42. The molecule has 1 atom stereocenters. The Labute approximate surface area is 241 Å². The number of halogens is 1. The second-order valence-corrected chi connectivity index (χ2v) is 12.6. The number of nitrogens with zero attached hydrogens (tertiary/aromatic N) is 5. The third-order valence-electron chi connectivity index (χ3n) is 8.97. The minimum Gasteiger partial charge on any atom is -0.481 e. The minimum atomic E-state index is -0.826. The molecule has 9 heteroatoms. The first-order valence-corrected chi connectivity index (χ1v) is 14.4. The van der Waals surface area contributed by atoms with Crippen LogP contribution in [0, 0.1) is 0 Å². The lowest BCUT2D eigenvalue weighted by molar-refractivity contribution is -0.138. The minimum absolute atomic E-state index is 0.0243. The van der Waals surface area contributed by atoms with Crippen LogP contribution in [0.4, 0.5) is 23.1 Å². The average Bonchev–Trinajstić information content (AvgIpc) is 3.15. The largest absolute Gasteiger partial charge is 0.481 e. The van der Waals surface area contributed by atoms with Crippen molar-refractivity contribution in [1.82, 2.24) is 19.8 Å². The van der Waals surface area contributed by atoms with E-state index in [0.717, 1.165) is 36.4 Å². The van der Waals surface area contributed by atoms with Crippen molar-refractivity contribution >= 4 is 40.7 Å². The number of carboxylic acids is 1. The molecule has 1 aromatic heterocycles. The van der Waals surface area contributed by atoms with E-state index in [9.17, 15) is 9.90 Å². The van der Waals surface area contributed by atoms with Crippen molar-refractivity contribution in [3.8, 4) is 0 Å². The van der Waals surface area contributed by atoms with Crippen LogP contribution in [-0.2, 0) is 23.2 Å². The van der Waals surface area contributed by atoms with E-state index in [1.54, 1.807) is 6.20 Å². The van der Waals surface area contributed by atoms with Gasteiger partial charge in [0.2, 0.25) is 5.95 Å². The number of anilines is 4. The molecule has 8 nitrogen and oxygen atoms in total. The summed E-state index contributed by atoms with van der Waals surface area (Å²) in [6.07, 6.45) is 5.10. The van der Waals surface area contributed by atoms with Crippen LogP contribution < -0.4 is 10.2 Å². The summed E-state index contributed by atoms with van der Waals surface area (Å²) in [4.78, 5) is 27.9. The smallest absolute Gasteiger partial charge is 0.304 e. The van der Waals surface area contributed by atoms with Crippen LogP contribution in [0.15, 0.2) is 42.6 Å². The zero-order valence-electron chi connectivity index (χ0n) is 23.6. The zero-order valence-corrected chi connectivity index (χ0v) is 24.4. The number of fused-ring (bicyclic) bond motifs is 2. The molecule has 0 bridgehead atoms. The van der Waals surface area contributed by atoms with Gasteiger partial charge < -0.3 is 25.1 Å². The Morgan fingerprint density at radius 1 is 1.25 bits per heavy atom. The molecule has 2 aromatic carbocycles. The molecule has 0 spiro atoms. The van der Waals surface area contributed by atoms with Gasteiger partial charge in [0.15, 0.2) is 5.82 Å². The summed E-state index contributed by atoms with van der Waals surface area (Å²) in [6.45, 7) is 4.47. The number of rotatable bonds is 7. The fourth-order valence-electron chi connectivity index (χ4n) is 6.72. The maximum absolute atomic E-state index is 11.7. The first-order chi connectivity index (χ1) is 19.1. The molecule has 3 aliphatic rings. The standard InChI is InChI=1S/C31H37ClN6O2/c1-31(15-28(39)40)18-38(27-8-6-5-7-25(27)31)29-26(32)16-33-30(35-29)34-21-11-20-17-37(4)10-9-23(20)24(14-21)19-12-22(13-19)36(2)3/h5-8,11,14,16,19,22H,9-10,12-13,15,17-18H2,1-4H3,(H,39,40)(H,33,34,35). The number of nitrogens with one attached hydrogen (secondary N) is 1. The molecule has 2 aliphatic heterocycles. The van der Waals surface area contributed by atoms with Crippen LogP contribution in [0.3, 0.4) is 0 Å². The van der Waals surface area contributed by atoms with Crippen molar-refractivity contribution in [2.45, 2.75) is 56.5 Å². The Morgan fingerprint density at radius 2 is 2.02 bits per heavy atom. The van der Waals surface area contributed by atoms with E-state index in [1.807, 2.05) is 36.1 Å². The topological polar surface area (TPSA) is 84.8 Å². The Morgan fingerprint density at radius 3 is 2.77 bits per heavy atom. The SMILES string of the molecule is CN1CCc2c(cc(Nc3ncc(Cl)c(N4CC(C)(CC(=O)O)c5ccccc54)n3)cc2C2CC(N(C)C)C2)C1. The van der Waals surface area contributed by atoms with Gasteiger partial charge in [-0.15, -0.1) is 0 Å². The van der Waals surface area contributed by atoms with E-state index >= 15 is 0 Å². The van der Waals surface area contributed by atoms with E-state index in [0.29, 0.717) is 35.3 Å². The number of aliphatic carboxylic acids is 1. The number of carboxylic acid groups (broad SMARTS) is 1. The molecular weight excluding hydrogens is 524 g/mol. The molecule has 210 valence electrons. The average molecular weight is 561 g/mol. The van der Waals surface area contributed by atoms with Crippen LogP contribution >= 0.6 is 11.6 Å². The first-order valence-electron chi connectivity index (χ1n) is 14.0. The number of aromatic nitrogens is 2. The van der Waals surface area contributed by atoms with Crippen molar-refractivity contribution in [3.63, 3.8) is 0 Å². The van der Waals surface area contributed by atoms with Crippen LogP contribution in [-0.4, -0.2) is 71.1 Å². The fourth-order valence-corrected chi connectivity index (χ4v) is 6.92. The summed E-state index contributed by atoms with van der Waals surface area (Å²) in [5, 5.41) is 13.5. The van der Waals surface area contributed by atoms with Gasteiger partial charge in [-0.05, 0) is 86.8 Å². The van der Waals surface area contributed by atoms with Gasteiger partial charge in [0.1, 0.15) is 5.02 Å². The summed E-state index contributed by atoms with van der Waals surface area (Å²) in [6, 6.07) is 13.1. The van der Waals surface area contributed by atoms with Gasteiger partial charge in [-0.3, -0.25) is 4.79 Å². The molecule has 1 unspecified atom stereocenters. The van der Waals surface area contributed by atoms with Crippen molar-refractivity contribution in [2.24, 2.45) is 0 Å². The van der Waals surface area contributed by atoms with E-state index < -0.39 is 11.4 Å². The summed E-state index contributed by atoms with van der Waals surface area (Å²) in [7, 11) is 6.51. The molecular formula is C31H37ClN6O2. The number of para-hydroxylation sites is 1. The molecule has 40 heavy (non-hydrogen) atoms. The van der Waals surface area contributed by atoms with E-state index in [4.69, 9.17) is 16.6 Å². The summed E-state index contributed by atoms with van der Waals surface area (Å²) < 4.78 is 0. The van der Waals surface area contributed by atoms with Gasteiger partial charge in [0, 0.05) is 42.5 Å². The fraction of sp³-hybridized carbons (Fsp3) is 0.452. The van der Waals surface area contributed by atoms with Crippen molar-refractivity contribution in [3.05, 3.63) is 69.9 Å². The maximum Gasteiger partial charge on any atom is 0.304 e. The van der Waals surface area contributed by atoms with Crippen LogP contribution in [0.5, 0.6) is 0 Å². The number of likely N-dealkylation sites (N-methyl/N-ethyl adjacent to an activating group) is 1. The third-order valence-corrected chi connectivity index (χ3v) is 9.24. The van der Waals surface area contributed by atoms with E-state index in [-0.39, 0.29) is 6.42 Å². The molecule has 2 N–H and O–H groups in total. The van der Waals surface area contributed by atoms with Crippen LogP contribution in [0.25, 0.3) is 0 Å². The normalized spacial score (nSPS) is 24.0. The predicted molar refractivity (Wildman–Crippen MR) is 159 cm³/mol. The molecule has 0 saturated heterocycles. The highest BCUT2D eigenvalue weighted by atomic mass is 35.5. The summed E-state index contributed by atoms with van der Waals surface area (Å²) in [5.74, 6) is 0.790. The molecule has 1 aliphatic carbocycles. The van der Waals surface area contributed by atoms with Gasteiger partial charge in [0.25, 0.3) is 0 Å². The molecule has 1 fully saturated rings. The molecule has 3 heterocycles. The van der Waals surface area contributed by atoms with Crippen LogP contribution in [0.1, 0.15) is 54.4 Å². The van der Waals surface area contributed by atoms with Gasteiger partial charge in [0.05, 0.1) is 12.6 Å². The zero-order chi connectivity index (χ0) is 28.2. The summed E-state index contributed by atoms with van der Waals surface area (Å²) >= 11 is 6.67. The highest BCUT2D eigenvalue weighted by molar-refractivity contribution is 6.33. The van der Waals surface area contributed by atoms with Gasteiger partial charge in [-0.1, -0.05) is 36.7 Å². The third kappa shape index (κ3) is 4.93. The van der Waals surface area contributed by atoms with E-state index in [1.165, 1.54) is 29.5 Å². The Hall–Kier alpha value is -3.20. The van der Waals surface area contributed by atoms with Crippen LogP contribution in [0.2, 0.25) is 5.02 Å². The number of carbonyl (C=O) groups is 1. The number of hydrogen-bond acceptors (Lipinski definition) is 7. The van der Waals surface area contributed by atoms with Crippen molar-refractivity contribution < 1.29 is 9.90 Å². The monoisotopic (exact) mass is 560 g/mol. The second-order valence-electron chi connectivity index (χ2n) is 12.2. The lowest BCUT2D eigenvalue weighted by Crippen LogP contribution is -2.40. The maximum atomic E-state index is 11.7. The number of benzene rings is 2. The Kier molecular flexibility index (Phi) is 6.97. The first kappa shape index (κ1) is 27.0. The quantitative estimate of drug-likeness (QED) is 0.389. The Bertz CT molecular complexity index is 1460. The molecule has 6 rings (SSSR count). The molecule has 0 amide bonds. The lowest BCUT2D eigenvalue weighted by Gasteiger charge is -2.42. The van der Waals surface area contributed by atoms with Gasteiger partial charge >= 0.3 is 5.97 Å². The number of hydrogen-bond donors (Lipinski definition) is 2. The molecule has 1 saturated carbocycles. The predicted octanol–water partition coefficient (Wildman–Crippen LogP) is 5.55. The van der Waals surface area contributed by atoms with E-state index in [2.05, 4.69) is 53.4 Å². The molecule has 3 aromatic rings. The second kappa shape index (κ2) is 10.3.